The van der Waals surface area contributed by atoms with Crippen LogP contribution in [0.4, 0.5) is 19.0 Å². The lowest BCUT2D eigenvalue weighted by Crippen LogP contribution is -2.16. The average Bonchev–Trinajstić information content (AvgIpc) is 3.18. The van der Waals surface area contributed by atoms with Crippen LogP contribution in [0.15, 0.2) is 97.7 Å². The van der Waals surface area contributed by atoms with Crippen LogP contribution in [-0.4, -0.2) is 11.3 Å². The van der Waals surface area contributed by atoms with E-state index in [-0.39, 0.29) is 5.75 Å². The lowest BCUT2D eigenvalue weighted by molar-refractivity contribution is -0.274. The van der Waals surface area contributed by atoms with Gasteiger partial charge in [-0.15, -0.1) is 13.2 Å². The number of nitrogens with one attached hydrogen (secondary N) is 1. The first kappa shape index (κ1) is 22.8. The van der Waals surface area contributed by atoms with Gasteiger partial charge in [-0.25, -0.2) is 0 Å². The molecule has 0 unspecified atom stereocenters. The summed E-state index contributed by atoms with van der Waals surface area (Å²) in [6.45, 7) is 3.95. The number of rotatable bonds is 7. The van der Waals surface area contributed by atoms with Crippen LogP contribution in [-0.2, 0) is 0 Å². The molecule has 0 aliphatic heterocycles. The fourth-order valence-electron chi connectivity index (χ4n) is 3.49. The molecule has 0 radical (unpaired) electrons. The van der Waals surface area contributed by atoms with Crippen LogP contribution in [0.5, 0.6) is 17.2 Å². The summed E-state index contributed by atoms with van der Waals surface area (Å²) in [7, 11) is 0. The number of aromatic nitrogens is 1. The normalized spacial score (nSPS) is 11.8. The maximum atomic E-state index is 12.5. The Labute approximate surface area is 194 Å². The van der Waals surface area contributed by atoms with Gasteiger partial charge in [0.2, 0.25) is 0 Å². The maximum Gasteiger partial charge on any atom is 0.573 e. The molecular weight excluding hydrogens is 441 g/mol. The van der Waals surface area contributed by atoms with Crippen LogP contribution in [0, 0.1) is 0 Å². The van der Waals surface area contributed by atoms with E-state index in [1.807, 2.05) is 60.7 Å². The van der Waals surface area contributed by atoms with Crippen LogP contribution < -0.4 is 15.2 Å². The Kier molecular flexibility index (Phi) is 6.45. The molecule has 0 bridgehead atoms. The quantitative estimate of drug-likeness (QED) is 0.277. The van der Waals surface area contributed by atoms with E-state index in [2.05, 4.69) is 16.3 Å². The highest BCUT2D eigenvalue weighted by atomic mass is 19.4. The predicted octanol–water partition coefficient (Wildman–Crippen LogP) is 7.68. The standard InChI is InChI=1S/C27H21F3N2O2/c1-2-18(22-10-6-7-11-25(22)33-20-8-4-3-5-9-20)16-23-24(17-32-26(23)31)19-12-14-21(15-13-19)34-27(28,29)30/h2-17,32H,1,31H2/b18-16+. The Morgan fingerprint density at radius 2 is 1.56 bits per heavy atom. The third kappa shape index (κ3) is 5.32. The third-order valence-corrected chi connectivity index (χ3v) is 5.04. The van der Waals surface area contributed by atoms with Crippen molar-refractivity contribution >= 4 is 17.5 Å². The molecule has 4 rings (SSSR count). The molecule has 0 fully saturated rings. The molecule has 1 aromatic heterocycles. The van der Waals surface area contributed by atoms with Crippen LogP contribution in [0.3, 0.4) is 0 Å². The van der Waals surface area contributed by atoms with E-state index < -0.39 is 6.36 Å². The number of H-pyrrole nitrogens is 1. The van der Waals surface area contributed by atoms with E-state index in [1.165, 1.54) is 12.1 Å². The number of alkyl halides is 3. The molecule has 4 aromatic rings. The van der Waals surface area contributed by atoms with Gasteiger partial charge >= 0.3 is 6.36 Å². The minimum atomic E-state index is -4.75. The van der Waals surface area contributed by atoms with Crippen LogP contribution in [0.2, 0.25) is 0 Å². The van der Waals surface area contributed by atoms with Crippen molar-refractivity contribution in [2.75, 3.05) is 5.73 Å². The van der Waals surface area contributed by atoms with Crippen molar-refractivity contribution in [3.63, 3.8) is 0 Å². The smallest absolute Gasteiger partial charge is 0.457 e. The number of allylic oxidation sites excluding steroid dienone is 2. The topological polar surface area (TPSA) is 60.3 Å². The largest absolute Gasteiger partial charge is 0.573 e. The van der Waals surface area contributed by atoms with Crippen molar-refractivity contribution in [3.8, 4) is 28.4 Å². The molecule has 172 valence electrons. The van der Waals surface area contributed by atoms with Gasteiger partial charge in [0.1, 0.15) is 23.1 Å². The van der Waals surface area contributed by atoms with E-state index in [1.54, 1.807) is 24.4 Å². The summed E-state index contributed by atoms with van der Waals surface area (Å²) in [5.74, 6) is 1.45. The second-order valence-electron chi connectivity index (χ2n) is 7.32. The first-order valence-electron chi connectivity index (χ1n) is 10.3. The van der Waals surface area contributed by atoms with Gasteiger partial charge in [0.25, 0.3) is 0 Å². The minimum Gasteiger partial charge on any atom is -0.457 e. The number of hydrogen-bond acceptors (Lipinski definition) is 3. The molecule has 4 nitrogen and oxygen atoms in total. The SMILES string of the molecule is C=C/C(=C\c1c(-c2ccc(OC(F)(F)F)cc2)c[nH]c1N)c1ccccc1Oc1ccccc1. The summed E-state index contributed by atoms with van der Waals surface area (Å²) in [6.07, 6.45) is 0.515. The minimum absolute atomic E-state index is 0.296. The summed E-state index contributed by atoms with van der Waals surface area (Å²) in [5.41, 5.74) is 9.83. The van der Waals surface area contributed by atoms with Crippen LogP contribution in [0.1, 0.15) is 11.1 Å². The van der Waals surface area contributed by atoms with Gasteiger partial charge in [-0.2, -0.15) is 0 Å². The average molecular weight is 462 g/mol. The number of nitrogens with two attached hydrogens (primary N) is 1. The molecule has 0 atom stereocenters. The first-order valence-corrected chi connectivity index (χ1v) is 10.3. The summed E-state index contributed by atoms with van der Waals surface area (Å²) in [5, 5.41) is 0. The second kappa shape index (κ2) is 9.62. The molecular formula is C27H21F3N2O2. The summed E-state index contributed by atoms with van der Waals surface area (Å²) in [6, 6.07) is 22.6. The van der Waals surface area contributed by atoms with Crippen LogP contribution in [0.25, 0.3) is 22.8 Å². The Bertz CT molecular complexity index is 1310. The number of aromatic amines is 1. The molecule has 3 aromatic carbocycles. The molecule has 1 heterocycles. The van der Waals surface area contributed by atoms with Crippen molar-refractivity contribution in [1.82, 2.24) is 4.98 Å². The van der Waals surface area contributed by atoms with E-state index in [4.69, 9.17) is 10.5 Å². The molecule has 0 saturated heterocycles. The van der Waals surface area contributed by atoms with Crippen molar-refractivity contribution < 1.29 is 22.6 Å². The van der Waals surface area contributed by atoms with Crippen molar-refractivity contribution in [1.29, 1.82) is 0 Å². The fraction of sp³-hybridized carbons (Fsp3) is 0.0370. The van der Waals surface area contributed by atoms with E-state index in [9.17, 15) is 13.2 Å². The number of halogens is 3. The zero-order chi connectivity index (χ0) is 24.1. The van der Waals surface area contributed by atoms with Gasteiger partial charge in [0.05, 0.1) is 0 Å². The lowest BCUT2D eigenvalue weighted by Gasteiger charge is -2.13. The molecule has 0 spiro atoms. The van der Waals surface area contributed by atoms with E-state index in [0.29, 0.717) is 28.4 Å². The highest BCUT2D eigenvalue weighted by Gasteiger charge is 2.31. The zero-order valence-corrected chi connectivity index (χ0v) is 18.0. The van der Waals surface area contributed by atoms with Crippen molar-refractivity contribution in [2.24, 2.45) is 0 Å². The number of benzene rings is 3. The predicted molar refractivity (Wildman–Crippen MR) is 128 cm³/mol. The Balaban J connectivity index is 1.70. The molecule has 34 heavy (non-hydrogen) atoms. The van der Waals surface area contributed by atoms with E-state index >= 15 is 0 Å². The van der Waals surface area contributed by atoms with Gasteiger partial charge in [-0.3, -0.25) is 0 Å². The molecule has 0 amide bonds. The monoisotopic (exact) mass is 462 g/mol. The van der Waals surface area contributed by atoms with Crippen molar-refractivity contribution in [3.05, 3.63) is 109 Å². The van der Waals surface area contributed by atoms with E-state index in [0.717, 1.165) is 16.7 Å². The summed E-state index contributed by atoms with van der Waals surface area (Å²) < 4.78 is 47.5. The number of para-hydroxylation sites is 2. The number of ether oxygens (including phenoxy) is 2. The first-order chi connectivity index (χ1) is 16.3. The van der Waals surface area contributed by atoms with Crippen LogP contribution >= 0.6 is 0 Å². The van der Waals surface area contributed by atoms with Gasteiger partial charge in [-0.05, 0) is 47.5 Å². The Morgan fingerprint density at radius 3 is 2.24 bits per heavy atom. The van der Waals surface area contributed by atoms with Gasteiger partial charge in [0.15, 0.2) is 0 Å². The van der Waals surface area contributed by atoms with Gasteiger partial charge in [-0.1, -0.05) is 61.2 Å². The Hall–Kier alpha value is -4.39. The zero-order valence-electron chi connectivity index (χ0n) is 18.0. The number of anilines is 1. The molecule has 7 heteroatoms. The number of nitrogen functional groups attached to an aromatic ring is 1. The molecule has 0 aliphatic rings. The summed E-state index contributed by atoms with van der Waals surface area (Å²) in [4.78, 5) is 2.98. The maximum absolute atomic E-state index is 12.5. The molecule has 0 saturated carbocycles. The van der Waals surface area contributed by atoms with Crippen molar-refractivity contribution in [2.45, 2.75) is 6.36 Å². The second-order valence-corrected chi connectivity index (χ2v) is 7.32. The lowest BCUT2D eigenvalue weighted by atomic mass is 9.98. The third-order valence-electron chi connectivity index (χ3n) is 5.04. The number of hydrogen-bond donors (Lipinski definition) is 2. The highest BCUT2D eigenvalue weighted by Crippen LogP contribution is 2.36. The fourth-order valence-corrected chi connectivity index (χ4v) is 3.49. The Morgan fingerprint density at radius 1 is 0.882 bits per heavy atom. The van der Waals surface area contributed by atoms with Gasteiger partial charge in [0, 0.05) is 22.9 Å². The molecule has 3 N–H and O–H groups in total. The summed E-state index contributed by atoms with van der Waals surface area (Å²) >= 11 is 0. The molecule has 0 aliphatic carbocycles. The van der Waals surface area contributed by atoms with Gasteiger partial charge < -0.3 is 20.2 Å². The highest BCUT2D eigenvalue weighted by molar-refractivity contribution is 5.95.